The summed E-state index contributed by atoms with van der Waals surface area (Å²) in [6.07, 6.45) is 0. The highest BCUT2D eigenvalue weighted by atomic mass is 16.5. The highest BCUT2D eigenvalue weighted by Crippen LogP contribution is 2.29. The molecule has 2 aromatic carbocycles. The van der Waals surface area contributed by atoms with Crippen molar-refractivity contribution >= 4 is 32.8 Å². The Morgan fingerprint density at radius 1 is 1.00 bits per heavy atom. The molecule has 0 saturated heterocycles. The molecule has 2 heterocycles. The third-order valence-corrected chi connectivity index (χ3v) is 4.35. The Bertz CT molecular complexity index is 999. The van der Waals surface area contributed by atoms with E-state index in [0.29, 0.717) is 0 Å². The van der Waals surface area contributed by atoms with Gasteiger partial charge >= 0.3 is 0 Å². The lowest BCUT2D eigenvalue weighted by molar-refractivity contribution is -0.616. The number of nitrogens with zero attached hydrogens (tertiary/aromatic N) is 2. The fourth-order valence-corrected chi connectivity index (χ4v) is 3.26. The minimum atomic E-state index is 0.889. The predicted molar refractivity (Wildman–Crippen MR) is 85.7 cm³/mol. The zero-order chi connectivity index (χ0) is 14.6. The molecule has 0 atom stereocenters. The van der Waals surface area contributed by atoms with Crippen molar-refractivity contribution in [1.29, 1.82) is 0 Å². The second-order valence-electron chi connectivity index (χ2n) is 5.44. The van der Waals surface area contributed by atoms with Gasteiger partial charge in [0.05, 0.1) is 23.4 Å². The first-order valence-electron chi connectivity index (χ1n) is 7.04. The summed E-state index contributed by atoms with van der Waals surface area (Å²) in [6.45, 7) is 0. The number of aromatic nitrogens is 2. The molecule has 0 bridgehead atoms. The fraction of sp³-hybridized carbons (Fsp3) is 0.167. The molecule has 0 spiro atoms. The number of hydrogen-bond donors (Lipinski definition) is 0. The summed E-state index contributed by atoms with van der Waals surface area (Å²) in [5.74, 6) is 0.889. The van der Waals surface area contributed by atoms with Crippen molar-refractivity contribution in [1.82, 2.24) is 4.57 Å². The van der Waals surface area contributed by atoms with Crippen molar-refractivity contribution < 1.29 is 9.30 Å². The van der Waals surface area contributed by atoms with E-state index in [-0.39, 0.29) is 0 Å². The van der Waals surface area contributed by atoms with E-state index in [0.717, 1.165) is 5.75 Å². The topological polar surface area (TPSA) is 18.0 Å². The molecule has 0 N–H and O–H groups in total. The summed E-state index contributed by atoms with van der Waals surface area (Å²) in [5.41, 5.74) is 4.97. The highest BCUT2D eigenvalue weighted by Gasteiger charge is 2.19. The number of hydrogen-bond acceptors (Lipinski definition) is 1. The van der Waals surface area contributed by atoms with E-state index in [4.69, 9.17) is 4.74 Å². The molecule has 21 heavy (non-hydrogen) atoms. The normalized spacial score (nSPS) is 11.6. The number of pyridine rings is 1. The van der Waals surface area contributed by atoms with Gasteiger partial charge in [0.1, 0.15) is 18.3 Å². The molecule has 4 aromatic rings. The van der Waals surface area contributed by atoms with Gasteiger partial charge in [-0.25, -0.2) is 0 Å². The van der Waals surface area contributed by atoms with Crippen LogP contribution in [0.15, 0.2) is 48.5 Å². The Morgan fingerprint density at radius 2 is 1.81 bits per heavy atom. The van der Waals surface area contributed by atoms with E-state index >= 15 is 0 Å². The average Bonchev–Trinajstić information content (AvgIpc) is 2.81. The Hall–Kier alpha value is -2.55. The van der Waals surface area contributed by atoms with Gasteiger partial charge in [-0.3, -0.25) is 0 Å². The largest absolute Gasteiger partial charge is 0.497 e. The molecular weight excluding hydrogens is 260 g/mol. The highest BCUT2D eigenvalue weighted by molar-refractivity contribution is 6.06. The minimum absolute atomic E-state index is 0.889. The lowest BCUT2D eigenvalue weighted by Crippen LogP contribution is -2.29. The van der Waals surface area contributed by atoms with Gasteiger partial charge in [0.25, 0.3) is 0 Å². The van der Waals surface area contributed by atoms with Crippen LogP contribution in [0.4, 0.5) is 0 Å². The van der Waals surface area contributed by atoms with Crippen LogP contribution >= 0.6 is 0 Å². The molecule has 0 amide bonds. The third kappa shape index (κ3) is 1.57. The number of ether oxygens (including phenoxy) is 1. The molecule has 4 rings (SSSR count). The number of aryl methyl sites for hydroxylation is 2. The summed E-state index contributed by atoms with van der Waals surface area (Å²) in [5, 5.41) is 2.48. The Morgan fingerprint density at radius 3 is 2.62 bits per heavy atom. The first-order valence-corrected chi connectivity index (χ1v) is 7.04. The van der Waals surface area contributed by atoms with Crippen LogP contribution in [0.3, 0.4) is 0 Å². The van der Waals surface area contributed by atoms with Gasteiger partial charge in [-0.15, -0.1) is 0 Å². The molecule has 104 valence electrons. The summed E-state index contributed by atoms with van der Waals surface area (Å²) >= 11 is 0. The third-order valence-electron chi connectivity index (χ3n) is 4.35. The Kier molecular flexibility index (Phi) is 2.45. The molecule has 0 radical (unpaired) electrons. The van der Waals surface area contributed by atoms with Crippen LogP contribution in [0.1, 0.15) is 0 Å². The Labute approximate surface area is 123 Å². The van der Waals surface area contributed by atoms with Crippen LogP contribution in [0.2, 0.25) is 0 Å². The molecule has 0 aliphatic heterocycles. The van der Waals surface area contributed by atoms with Crippen molar-refractivity contribution in [2.24, 2.45) is 14.1 Å². The van der Waals surface area contributed by atoms with Gasteiger partial charge in [0.15, 0.2) is 0 Å². The van der Waals surface area contributed by atoms with E-state index in [1.807, 2.05) is 6.07 Å². The average molecular weight is 277 g/mol. The predicted octanol–water partition coefficient (Wildman–Crippen LogP) is 3.32. The van der Waals surface area contributed by atoms with Gasteiger partial charge in [0.2, 0.25) is 11.0 Å². The minimum Gasteiger partial charge on any atom is -0.497 e. The zero-order valence-corrected chi connectivity index (χ0v) is 12.4. The lowest BCUT2D eigenvalue weighted by Gasteiger charge is -2.03. The monoisotopic (exact) mass is 277 g/mol. The van der Waals surface area contributed by atoms with Crippen molar-refractivity contribution in [2.75, 3.05) is 7.11 Å². The molecule has 0 saturated carbocycles. The van der Waals surface area contributed by atoms with Gasteiger partial charge in [-0.1, -0.05) is 12.1 Å². The summed E-state index contributed by atoms with van der Waals surface area (Å²) in [4.78, 5) is 0. The molecule has 3 nitrogen and oxygen atoms in total. The lowest BCUT2D eigenvalue weighted by atomic mass is 10.1. The number of benzene rings is 2. The van der Waals surface area contributed by atoms with Gasteiger partial charge in [-0.2, -0.15) is 4.57 Å². The van der Waals surface area contributed by atoms with E-state index < -0.39 is 0 Å². The van der Waals surface area contributed by atoms with E-state index in [2.05, 4.69) is 65.7 Å². The van der Waals surface area contributed by atoms with Crippen LogP contribution in [-0.2, 0) is 14.1 Å². The molecule has 0 aliphatic carbocycles. The molecular formula is C18H17N2O+. The summed E-state index contributed by atoms with van der Waals surface area (Å²) in [7, 11) is 5.96. The van der Waals surface area contributed by atoms with Gasteiger partial charge in [0, 0.05) is 13.1 Å². The van der Waals surface area contributed by atoms with E-state index in [1.54, 1.807) is 7.11 Å². The summed E-state index contributed by atoms with van der Waals surface area (Å²) in [6, 6.07) is 17.0. The fourth-order valence-electron chi connectivity index (χ4n) is 3.26. The van der Waals surface area contributed by atoms with Crippen LogP contribution < -0.4 is 9.30 Å². The van der Waals surface area contributed by atoms with Crippen molar-refractivity contribution in [3.8, 4) is 5.75 Å². The van der Waals surface area contributed by atoms with Crippen molar-refractivity contribution in [3.05, 3.63) is 48.5 Å². The maximum absolute atomic E-state index is 5.35. The molecule has 0 unspecified atom stereocenters. The second-order valence-corrected chi connectivity index (χ2v) is 5.44. The van der Waals surface area contributed by atoms with E-state index in [1.165, 1.54) is 32.8 Å². The number of para-hydroxylation sites is 1. The summed E-state index contributed by atoms with van der Waals surface area (Å²) < 4.78 is 9.87. The zero-order valence-electron chi connectivity index (χ0n) is 12.4. The van der Waals surface area contributed by atoms with Gasteiger partial charge < -0.3 is 9.30 Å². The molecule has 0 aliphatic rings. The van der Waals surface area contributed by atoms with Crippen molar-refractivity contribution in [2.45, 2.75) is 0 Å². The van der Waals surface area contributed by atoms with Crippen molar-refractivity contribution in [3.63, 3.8) is 0 Å². The van der Waals surface area contributed by atoms with Crippen LogP contribution in [0.5, 0.6) is 5.75 Å². The SMILES string of the molecule is COc1ccc2c(c1)cc1c(c3ccccc3n1C)[n+]2C. The van der Waals surface area contributed by atoms with Crippen LogP contribution in [0.25, 0.3) is 32.8 Å². The maximum Gasteiger partial charge on any atom is 0.238 e. The maximum atomic E-state index is 5.35. The van der Waals surface area contributed by atoms with Crippen LogP contribution in [0, 0.1) is 0 Å². The molecule has 0 fully saturated rings. The number of rotatable bonds is 1. The first kappa shape index (κ1) is 12.2. The number of methoxy groups -OCH3 is 1. The molecule has 2 aromatic heterocycles. The number of fused-ring (bicyclic) bond motifs is 4. The first-order chi connectivity index (χ1) is 10.2. The van der Waals surface area contributed by atoms with Gasteiger partial charge in [-0.05, 0) is 30.3 Å². The standard InChI is InChI=1S/C18H17N2O/c1-19-16-7-5-4-6-14(16)18-17(19)11-12-10-13(21-3)8-9-15(12)20(18)2/h4-11H,1-3H3/q+1. The smallest absolute Gasteiger partial charge is 0.238 e. The van der Waals surface area contributed by atoms with E-state index in [9.17, 15) is 0 Å². The molecule has 3 heteroatoms. The Balaban J connectivity index is 2.26. The second kappa shape index (κ2) is 4.22. The van der Waals surface area contributed by atoms with Crippen LogP contribution in [-0.4, -0.2) is 11.7 Å². The quantitative estimate of drug-likeness (QED) is 0.488.